The molecule has 0 radical (unpaired) electrons. The van der Waals surface area contributed by atoms with Crippen LogP contribution in [0.15, 0.2) is 97.1 Å². The Morgan fingerprint density at radius 3 is 1.53 bits per heavy atom. The van der Waals surface area contributed by atoms with Gasteiger partial charge in [-0.05, 0) is 73.0 Å². The first-order valence-electron chi connectivity index (χ1n) is 12.1. The van der Waals surface area contributed by atoms with E-state index in [0.717, 1.165) is 34.8 Å². The van der Waals surface area contributed by atoms with E-state index in [1.165, 1.54) is 0 Å². The number of carbonyl (C=O) groups excluding carboxylic acids is 2. The molecular formula is C31H27NO4. The first-order valence-corrected chi connectivity index (χ1v) is 12.1. The summed E-state index contributed by atoms with van der Waals surface area (Å²) in [4.78, 5) is 25.8. The summed E-state index contributed by atoms with van der Waals surface area (Å²) in [7, 11) is 0. The maximum Gasteiger partial charge on any atom is 0.343 e. The van der Waals surface area contributed by atoms with Crippen LogP contribution in [0.5, 0.6) is 11.5 Å². The lowest BCUT2D eigenvalue weighted by Gasteiger charge is -2.10. The van der Waals surface area contributed by atoms with E-state index in [9.17, 15) is 9.59 Å². The molecule has 4 aromatic carbocycles. The molecule has 0 amide bonds. The van der Waals surface area contributed by atoms with Crippen molar-refractivity contribution in [1.82, 2.24) is 4.57 Å². The Labute approximate surface area is 209 Å². The average Bonchev–Trinajstić information content (AvgIpc) is 3.20. The molecule has 0 aliphatic heterocycles. The normalized spacial score (nSPS) is 11.2. The van der Waals surface area contributed by atoms with E-state index in [1.807, 2.05) is 60.7 Å². The fourth-order valence-corrected chi connectivity index (χ4v) is 4.30. The molecule has 5 nitrogen and oxygen atoms in total. The number of hydrogen-bond donors (Lipinski definition) is 0. The van der Waals surface area contributed by atoms with Gasteiger partial charge in [0.05, 0.1) is 11.1 Å². The summed E-state index contributed by atoms with van der Waals surface area (Å²) < 4.78 is 13.4. The molecule has 0 N–H and O–H groups in total. The van der Waals surface area contributed by atoms with Crippen molar-refractivity contribution in [1.29, 1.82) is 0 Å². The Hall–Kier alpha value is -4.38. The molecule has 1 aromatic heterocycles. The number of hydrogen-bond acceptors (Lipinski definition) is 4. The maximum absolute atomic E-state index is 12.9. The van der Waals surface area contributed by atoms with E-state index in [-0.39, 0.29) is 0 Å². The van der Waals surface area contributed by atoms with Crippen LogP contribution >= 0.6 is 0 Å². The molecule has 0 aliphatic carbocycles. The predicted molar refractivity (Wildman–Crippen MR) is 142 cm³/mol. The van der Waals surface area contributed by atoms with Gasteiger partial charge in [0.25, 0.3) is 0 Å². The van der Waals surface area contributed by atoms with Crippen LogP contribution in [-0.2, 0) is 6.54 Å². The lowest BCUT2D eigenvalue weighted by molar-refractivity contribution is 0.0725. The van der Waals surface area contributed by atoms with Crippen molar-refractivity contribution in [2.75, 3.05) is 0 Å². The minimum atomic E-state index is -0.425. The summed E-state index contributed by atoms with van der Waals surface area (Å²) in [5.74, 6) is 0.676. The van der Waals surface area contributed by atoms with Crippen molar-refractivity contribution in [3.05, 3.63) is 108 Å². The summed E-state index contributed by atoms with van der Waals surface area (Å²) in [6.07, 6.45) is 1.01. The first-order chi connectivity index (χ1) is 17.5. The van der Waals surface area contributed by atoms with Gasteiger partial charge in [0.1, 0.15) is 11.5 Å². The molecule has 1 heterocycles. The van der Waals surface area contributed by atoms with Crippen LogP contribution in [0.25, 0.3) is 21.8 Å². The van der Waals surface area contributed by atoms with E-state index in [1.54, 1.807) is 36.4 Å². The van der Waals surface area contributed by atoms with Crippen LogP contribution in [-0.4, -0.2) is 16.5 Å². The number of esters is 2. The van der Waals surface area contributed by atoms with Gasteiger partial charge >= 0.3 is 11.9 Å². The topological polar surface area (TPSA) is 57.5 Å². The molecule has 0 spiro atoms. The fourth-order valence-electron chi connectivity index (χ4n) is 4.30. The SMILES string of the molecule is CC(C)CCn1c2ccc(C(=O)Oc3ccccc3)cc2c2cc(C(=O)Oc3ccccc3)ccc21. The number of fused-ring (bicyclic) bond motifs is 3. The zero-order valence-electron chi connectivity index (χ0n) is 20.3. The van der Waals surface area contributed by atoms with E-state index >= 15 is 0 Å². The molecule has 0 atom stereocenters. The highest BCUT2D eigenvalue weighted by Gasteiger charge is 2.18. The number of carbonyl (C=O) groups is 2. The van der Waals surface area contributed by atoms with Crippen molar-refractivity contribution in [3.63, 3.8) is 0 Å². The summed E-state index contributed by atoms with van der Waals surface area (Å²) in [6.45, 7) is 5.23. The largest absolute Gasteiger partial charge is 0.423 e. The number of rotatable bonds is 7. The molecular weight excluding hydrogens is 450 g/mol. The van der Waals surface area contributed by atoms with Crippen LogP contribution in [0.4, 0.5) is 0 Å². The summed E-state index contributed by atoms with van der Waals surface area (Å²) in [6, 6.07) is 29.2. The van der Waals surface area contributed by atoms with Gasteiger partial charge < -0.3 is 14.0 Å². The number of nitrogens with zero attached hydrogens (tertiary/aromatic N) is 1. The van der Waals surface area contributed by atoms with Crippen molar-refractivity contribution in [2.24, 2.45) is 5.92 Å². The highest BCUT2D eigenvalue weighted by molar-refractivity contribution is 6.12. The Kier molecular flexibility index (Phi) is 6.54. The van der Waals surface area contributed by atoms with E-state index < -0.39 is 11.9 Å². The van der Waals surface area contributed by atoms with E-state index in [0.29, 0.717) is 28.5 Å². The van der Waals surface area contributed by atoms with Gasteiger partial charge in [0.15, 0.2) is 0 Å². The third-order valence-corrected chi connectivity index (χ3v) is 6.17. The van der Waals surface area contributed by atoms with Crippen LogP contribution in [0.3, 0.4) is 0 Å². The highest BCUT2D eigenvalue weighted by atomic mass is 16.5. The van der Waals surface area contributed by atoms with Gasteiger partial charge in [0, 0.05) is 28.4 Å². The summed E-state index contributed by atoms with van der Waals surface area (Å²) in [5.41, 5.74) is 2.92. The Morgan fingerprint density at radius 1 is 0.667 bits per heavy atom. The third-order valence-electron chi connectivity index (χ3n) is 6.17. The molecule has 5 aromatic rings. The second-order valence-electron chi connectivity index (χ2n) is 9.20. The van der Waals surface area contributed by atoms with Crippen LogP contribution in [0.1, 0.15) is 41.0 Å². The number of aryl methyl sites for hydroxylation is 1. The lowest BCUT2D eigenvalue weighted by atomic mass is 10.1. The highest BCUT2D eigenvalue weighted by Crippen LogP contribution is 2.32. The Bertz CT molecular complexity index is 1420. The zero-order chi connectivity index (χ0) is 25.1. The molecule has 0 fully saturated rings. The van der Waals surface area contributed by atoms with Gasteiger partial charge in [-0.25, -0.2) is 9.59 Å². The lowest BCUT2D eigenvalue weighted by Crippen LogP contribution is -2.08. The molecule has 5 rings (SSSR count). The van der Waals surface area contributed by atoms with Crippen LogP contribution in [0, 0.1) is 5.92 Å². The van der Waals surface area contributed by atoms with Crippen LogP contribution in [0.2, 0.25) is 0 Å². The van der Waals surface area contributed by atoms with E-state index in [2.05, 4.69) is 18.4 Å². The zero-order valence-corrected chi connectivity index (χ0v) is 20.3. The molecule has 0 unspecified atom stereocenters. The van der Waals surface area contributed by atoms with Gasteiger partial charge in [-0.3, -0.25) is 0 Å². The maximum atomic E-state index is 12.9. The predicted octanol–water partition coefficient (Wildman–Crippen LogP) is 7.28. The molecule has 0 saturated carbocycles. The fraction of sp³-hybridized carbons (Fsp3) is 0.161. The van der Waals surface area contributed by atoms with Crippen molar-refractivity contribution < 1.29 is 19.1 Å². The summed E-state index contributed by atoms with van der Waals surface area (Å²) >= 11 is 0. The molecule has 180 valence electrons. The smallest absolute Gasteiger partial charge is 0.343 e. The van der Waals surface area contributed by atoms with Gasteiger partial charge in [-0.2, -0.15) is 0 Å². The minimum absolute atomic E-state index is 0.425. The van der Waals surface area contributed by atoms with Crippen molar-refractivity contribution in [2.45, 2.75) is 26.8 Å². The molecule has 5 heteroatoms. The second-order valence-corrected chi connectivity index (χ2v) is 9.20. The molecule has 36 heavy (non-hydrogen) atoms. The number of benzene rings is 4. The first kappa shape index (κ1) is 23.4. The standard InChI is InChI=1S/C31H27NO4/c1-21(2)17-18-32-28-15-13-22(30(33)35-24-9-5-3-6-10-24)19-26(28)27-20-23(14-16-29(27)32)31(34)36-25-11-7-4-8-12-25/h3-16,19-21H,17-18H2,1-2H3. The van der Waals surface area contributed by atoms with Gasteiger partial charge in [-0.1, -0.05) is 50.2 Å². The van der Waals surface area contributed by atoms with Crippen LogP contribution < -0.4 is 9.47 Å². The number of aromatic nitrogens is 1. The average molecular weight is 478 g/mol. The monoisotopic (exact) mass is 477 g/mol. The van der Waals surface area contributed by atoms with Gasteiger partial charge in [-0.15, -0.1) is 0 Å². The van der Waals surface area contributed by atoms with Crippen molar-refractivity contribution in [3.8, 4) is 11.5 Å². The minimum Gasteiger partial charge on any atom is -0.423 e. The number of ether oxygens (including phenoxy) is 2. The third kappa shape index (κ3) is 4.86. The summed E-state index contributed by atoms with van der Waals surface area (Å²) in [5, 5.41) is 1.79. The molecule has 0 aliphatic rings. The molecule has 0 saturated heterocycles. The van der Waals surface area contributed by atoms with E-state index in [4.69, 9.17) is 9.47 Å². The molecule has 0 bridgehead atoms. The Balaban J connectivity index is 1.56. The Morgan fingerprint density at radius 2 is 1.11 bits per heavy atom. The van der Waals surface area contributed by atoms with Gasteiger partial charge in [0.2, 0.25) is 0 Å². The second kappa shape index (κ2) is 10.1. The van der Waals surface area contributed by atoms with Crippen molar-refractivity contribution >= 4 is 33.7 Å². The number of para-hydroxylation sites is 2. The quantitative estimate of drug-likeness (QED) is 0.183.